The Hall–Kier alpha value is -2.14. The summed E-state index contributed by atoms with van der Waals surface area (Å²) < 4.78 is 5.17. The number of ether oxygens (including phenoxy) is 1. The first-order valence-electron chi connectivity index (χ1n) is 7.04. The SMILES string of the molecule is CCC(=O)Oc1ccc(Sc2cc(C)c(N=[NH2+])cc2C)cc1. The number of carbonyl (C=O) groups excluding carboxylic acids is 1. The zero-order valence-corrected chi connectivity index (χ0v) is 13.7. The van der Waals surface area contributed by atoms with Crippen molar-refractivity contribution in [2.75, 3.05) is 0 Å². The molecule has 5 heteroatoms. The van der Waals surface area contributed by atoms with E-state index in [-0.39, 0.29) is 5.97 Å². The average Bonchev–Trinajstić information content (AvgIpc) is 2.52. The number of carbonyl (C=O) groups is 1. The second kappa shape index (κ2) is 7.22. The van der Waals surface area contributed by atoms with Crippen molar-refractivity contribution in [3.8, 4) is 5.75 Å². The Kier molecular flexibility index (Phi) is 5.33. The summed E-state index contributed by atoms with van der Waals surface area (Å²) in [5.41, 5.74) is 8.35. The predicted molar refractivity (Wildman–Crippen MR) is 86.4 cm³/mol. The molecule has 4 nitrogen and oxygen atoms in total. The minimum atomic E-state index is -0.229. The van der Waals surface area contributed by atoms with Crippen LogP contribution in [0.1, 0.15) is 24.5 Å². The summed E-state index contributed by atoms with van der Waals surface area (Å²) in [6.45, 7) is 5.80. The van der Waals surface area contributed by atoms with Crippen molar-refractivity contribution >= 4 is 23.4 Å². The van der Waals surface area contributed by atoms with Gasteiger partial charge in [-0.2, -0.15) is 5.53 Å². The molecule has 0 saturated carbocycles. The molecule has 0 bridgehead atoms. The van der Waals surface area contributed by atoms with Crippen molar-refractivity contribution in [2.45, 2.75) is 37.0 Å². The Morgan fingerprint density at radius 2 is 1.86 bits per heavy atom. The highest BCUT2D eigenvalue weighted by Gasteiger charge is 2.08. The van der Waals surface area contributed by atoms with Gasteiger partial charge in [0, 0.05) is 16.2 Å². The number of rotatable bonds is 5. The van der Waals surface area contributed by atoms with Gasteiger partial charge in [0.2, 0.25) is 0 Å². The maximum atomic E-state index is 11.3. The van der Waals surface area contributed by atoms with E-state index in [1.54, 1.807) is 18.7 Å². The van der Waals surface area contributed by atoms with Gasteiger partial charge in [0.15, 0.2) is 0 Å². The van der Waals surface area contributed by atoms with E-state index >= 15 is 0 Å². The Labute approximate surface area is 134 Å². The summed E-state index contributed by atoms with van der Waals surface area (Å²) >= 11 is 1.66. The average molecular weight is 315 g/mol. The van der Waals surface area contributed by atoms with E-state index < -0.39 is 0 Å². The van der Waals surface area contributed by atoms with Crippen molar-refractivity contribution in [3.63, 3.8) is 0 Å². The maximum absolute atomic E-state index is 11.3. The van der Waals surface area contributed by atoms with Crippen LogP contribution in [0, 0.1) is 13.8 Å². The molecule has 0 aliphatic heterocycles. The summed E-state index contributed by atoms with van der Waals surface area (Å²) in [6.07, 6.45) is 0.369. The monoisotopic (exact) mass is 315 g/mol. The number of hydrogen-bond donors (Lipinski definition) is 1. The molecule has 0 atom stereocenters. The van der Waals surface area contributed by atoms with Gasteiger partial charge in [-0.15, -0.1) is 0 Å². The number of aryl methyl sites for hydroxylation is 2. The van der Waals surface area contributed by atoms with Gasteiger partial charge in [0.1, 0.15) is 11.4 Å². The lowest BCUT2D eigenvalue weighted by molar-refractivity contribution is -0.210. The van der Waals surface area contributed by atoms with Gasteiger partial charge < -0.3 is 4.74 Å². The number of nitrogens with zero attached hydrogens (tertiary/aromatic N) is 1. The topological polar surface area (TPSA) is 64.2 Å². The molecule has 0 saturated heterocycles. The smallest absolute Gasteiger partial charge is 0.310 e. The zero-order chi connectivity index (χ0) is 16.1. The minimum absolute atomic E-state index is 0.229. The normalized spacial score (nSPS) is 10.3. The summed E-state index contributed by atoms with van der Waals surface area (Å²) in [4.78, 5) is 13.5. The van der Waals surface area contributed by atoms with Crippen molar-refractivity contribution in [1.82, 2.24) is 0 Å². The van der Waals surface area contributed by atoms with Crippen LogP contribution in [0.5, 0.6) is 5.75 Å². The van der Waals surface area contributed by atoms with Gasteiger partial charge in [0.05, 0.1) is 0 Å². The van der Waals surface area contributed by atoms with Crippen LogP contribution in [-0.2, 0) is 4.79 Å². The summed E-state index contributed by atoms with van der Waals surface area (Å²) in [5, 5.41) is 3.77. The van der Waals surface area contributed by atoms with E-state index in [9.17, 15) is 4.79 Å². The van der Waals surface area contributed by atoms with Crippen LogP contribution in [0.25, 0.3) is 0 Å². The third-order valence-corrected chi connectivity index (χ3v) is 4.37. The number of benzene rings is 2. The van der Waals surface area contributed by atoms with E-state index in [1.165, 1.54) is 0 Å². The van der Waals surface area contributed by atoms with Crippen molar-refractivity contribution < 1.29 is 15.1 Å². The molecule has 0 heterocycles. The van der Waals surface area contributed by atoms with Crippen LogP contribution in [0.15, 0.2) is 51.3 Å². The van der Waals surface area contributed by atoms with Crippen LogP contribution >= 0.6 is 11.8 Å². The molecule has 0 aliphatic rings. The van der Waals surface area contributed by atoms with Crippen LogP contribution in [-0.4, -0.2) is 5.97 Å². The van der Waals surface area contributed by atoms with Crippen LogP contribution in [0.4, 0.5) is 5.69 Å². The van der Waals surface area contributed by atoms with Crippen LogP contribution < -0.4 is 10.3 Å². The third-order valence-electron chi connectivity index (χ3n) is 3.20. The lowest BCUT2D eigenvalue weighted by Gasteiger charge is -2.09. The van der Waals surface area contributed by atoms with Crippen molar-refractivity contribution in [1.29, 1.82) is 0 Å². The summed E-state index contributed by atoms with van der Waals surface area (Å²) in [5.74, 6) is 0.342. The van der Waals surface area contributed by atoms with Crippen LogP contribution in [0.3, 0.4) is 0 Å². The molecule has 0 unspecified atom stereocenters. The molecular formula is C17H19N2O2S+. The Bertz CT molecular complexity index is 697. The van der Waals surface area contributed by atoms with Gasteiger partial charge >= 0.3 is 5.97 Å². The fraction of sp³-hybridized carbons (Fsp3) is 0.235. The standard InChI is InChI=1S/C17H18N2O2S/c1-4-17(20)21-13-5-7-14(8-6-13)22-16-10-11(2)15(19-18)9-12(16)3/h5-10,18H,4H2,1-3H3/p+1. The molecule has 0 fully saturated rings. The molecule has 0 aliphatic carbocycles. The molecule has 0 radical (unpaired) electrons. The summed E-state index contributed by atoms with van der Waals surface area (Å²) in [6, 6.07) is 11.6. The molecule has 0 amide bonds. The third kappa shape index (κ3) is 3.95. The molecule has 2 aromatic carbocycles. The van der Waals surface area contributed by atoms with E-state index in [4.69, 9.17) is 10.3 Å². The molecule has 22 heavy (non-hydrogen) atoms. The van der Waals surface area contributed by atoms with Gasteiger partial charge in [-0.1, -0.05) is 18.7 Å². The number of hydrogen-bond acceptors (Lipinski definition) is 4. The van der Waals surface area contributed by atoms with E-state index in [1.807, 2.05) is 44.2 Å². The lowest BCUT2D eigenvalue weighted by atomic mass is 10.1. The molecular weight excluding hydrogens is 296 g/mol. The van der Waals surface area contributed by atoms with Gasteiger partial charge in [-0.3, -0.25) is 4.79 Å². The fourth-order valence-corrected chi connectivity index (χ4v) is 2.91. The van der Waals surface area contributed by atoms with Gasteiger partial charge in [-0.05, 0) is 66.5 Å². The number of nitrogens with two attached hydrogens (primary N) is 1. The predicted octanol–water partition coefficient (Wildman–Crippen LogP) is 3.61. The highest BCUT2D eigenvalue weighted by molar-refractivity contribution is 7.99. The number of esters is 1. The Morgan fingerprint density at radius 3 is 2.45 bits per heavy atom. The first-order chi connectivity index (χ1) is 10.5. The van der Waals surface area contributed by atoms with E-state index in [0.29, 0.717) is 12.2 Å². The maximum Gasteiger partial charge on any atom is 0.310 e. The first kappa shape index (κ1) is 16.2. The van der Waals surface area contributed by atoms with Gasteiger partial charge in [-0.25, -0.2) is 0 Å². The Morgan fingerprint density at radius 1 is 1.18 bits per heavy atom. The quantitative estimate of drug-likeness (QED) is 0.521. The lowest BCUT2D eigenvalue weighted by Crippen LogP contribution is -2.22. The second-order valence-electron chi connectivity index (χ2n) is 4.93. The Balaban J connectivity index is 2.16. The van der Waals surface area contributed by atoms with E-state index in [0.717, 1.165) is 26.6 Å². The highest BCUT2D eigenvalue weighted by atomic mass is 32.2. The zero-order valence-electron chi connectivity index (χ0n) is 12.9. The molecule has 114 valence electrons. The highest BCUT2D eigenvalue weighted by Crippen LogP contribution is 2.34. The van der Waals surface area contributed by atoms with Crippen molar-refractivity contribution in [3.05, 3.63) is 47.5 Å². The second-order valence-corrected chi connectivity index (χ2v) is 6.05. The minimum Gasteiger partial charge on any atom is -0.427 e. The molecule has 0 aromatic heterocycles. The fourth-order valence-electron chi connectivity index (χ4n) is 1.93. The first-order valence-corrected chi connectivity index (χ1v) is 7.86. The van der Waals surface area contributed by atoms with Crippen LogP contribution in [0.2, 0.25) is 0 Å². The largest absolute Gasteiger partial charge is 0.427 e. The summed E-state index contributed by atoms with van der Waals surface area (Å²) in [7, 11) is 0. The van der Waals surface area contributed by atoms with E-state index in [2.05, 4.69) is 11.2 Å². The molecule has 2 rings (SSSR count). The molecule has 0 spiro atoms. The molecule has 2 aromatic rings. The molecule has 2 N–H and O–H groups in total. The van der Waals surface area contributed by atoms with Gasteiger partial charge in [0.25, 0.3) is 0 Å². The van der Waals surface area contributed by atoms with Crippen molar-refractivity contribution in [2.24, 2.45) is 5.11 Å².